The zero-order chi connectivity index (χ0) is 19.8. The van der Waals surface area contributed by atoms with E-state index in [1.165, 1.54) is 17.2 Å². The van der Waals surface area contributed by atoms with Crippen molar-refractivity contribution in [3.63, 3.8) is 0 Å². The predicted octanol–water partition coefficient (Wildman–Crippen LogP) is -0.930. The number of carbonyl (C=O) groups is 1. The van der Waals surface area contributed by atoms with Gasteiger partial charge in [-0.15, -0.1) is 10.2 Å². The minimum Gasteiger partial charge on any atom is -0.382 e. The first kappa shape index (κ1) is 17.6. The van der Waals surface area contributed by atoms with Gasteiger partial charge in [-0.2, -0.15) is 0 Å². The van der Waals surface area contributed by atoms with Gasteiger partial charge in [0.15, 0.2) is 11.5 Å². The molecule has 12 nitrogen and oxygen atoms in total. The quantitative estimate of drug-likeness (QED) is 0.449. The lowest BCUT2D eigenvalue weighted by Crippen LogP contribution is -2.32. The van der Waals surface area contributed by atoms with Crippen LogP contribution < -0.4 is 16.6 Å². The molecule has 0 spiro atoms. The van der Waals surface area contributed by atoms with Crippen LogP contribution in [0.4, 0.5) is 5.82 Å². The molecule has 0 aliphatic carbocycles. The Hall–Kier alpha value is -3.83. The Bertz CT molecular complexity index is 1240. The summed E-state index contributed by atoms with van der Waals surface area (Å²) in [6, 6.07) is -0.540. The fourth-order valence-corrected chi connectivity index (χ4v) is 2.91. The van der Waals surface area contributed by atoms with Gasteiger partial charge >= 0.3 is 0 Å². The van der Waals surface area contributed by atoms with E-state index in [1.807, 2.05) is 0 Å². The number of amides is 1. The summed E-state index contributed by atoms with van der Waals surface area (Å²) in [6.45, 7) is 2.08. The number of nitrogens with two attached hydrogens (primary N) is 1. The van der Waals surface area contributed by atoms with Gasteiger partial charge in [0.1, 0.15) is 23.7 Å². The number of carbonyl (C=O) groups excluding carboxylic acids is 1. The number of nitrogens with one attached hydrogen (secondary N) is 1. The Balaban J connectivity index is 1.45. The number of aromatic nitrogens is 8. The van der Waals surface area contributed by atoms with Gasteiger partial charge in [0, 0.05) is 32.4 Å². The number of rotatable bonds is 5. The number of fused-ring (bicyclic) bond motifs is 2. The summed E-state index contributed by atoms with van der Waals surface area (Å²) >= 11 is 0. The van der Waals surface area contributed by atoms with Crippen LogP contribution in [0.25, 0.3) is 16.8 Å². The lowest BCUT2D eigenvalue weighted by atomic mass is 10.3. The highest BCUT2D eigenvalue weighted by molar-refractivity contribution is 5.85. The van der Waals surface area contributed by atoms with Crippen molar-refractivity contribution in [1.82, 2.24) is 44.0 Å². The van der Waals surface area contributed by atoms with Gasteiger partial charge in [-0.3, -0.25) is 14.0 Å². The smallest absolute Gasteiger partial charge is 0.295 e. The minimum atomic E-state index is -0.540. The molecule has 0 saturated carbocycles. The molecule has 0 aliphatic rings. The summed E-state index contributed by atoms with van der Waals surface area (Å²) in [6.07, 6.45) is 6.63. The van der Waals surface area contributed by atoms with Crippen LogP contribution in [0.5, 0.6) is 0 Å². The zero-order valence-corrected chi connectivity index (χ0v) is 15.3. The molecule has 0 bridgehead atoms. The van der Waals surface area contributed by atoms with Crippen LogP contribution in [0, 0.1) is 0 Å². The SMILES string of the molecule is CC(C(=O)NCCc1nnc2c(=O)n(C)ccn12)n1cnc2c(N)ncnc21. The highest BCUT2D eigenvalue weighted by atomic mass is 16.2. The van der Waals surface area contributed by atoms with Crippen molar-refractivity contribution in [3.8, 4) is 0 Å². The van der Waals surface area contributed by atoms with Crippen LogP contribution in [0.1, 0.15) is 18.8 Å². The summed E-state index contributed by atoms with van der Waals surface area (Å²) in [5.41, 5.74) is 6.75. The molecule has 3 N–H and O–H groups in total. The molecular weight excluding hydrogens is 364 g/mol. The van der Waals surface area contributed by atoms with Gasteiger partial charge < -0.3 is 20.2 Å². The molecular formula is C16H18N10O2. The van der Waals surface area contributed by atoms with Crippen LogP contribution in [0.3, 0.4) is 0 Å². The molecule has 0 saturated heterocycles. The monoisotopic (exact) mass is 382 g/mol. The fraction of sp³-hybridized carbons (Fsp3) is 0.312. The number of nitrogens with zero attached hydrogens (tertiary/aromatic N) is 8. The third kappa shape index (κ3) is 2.84. The second-order valence-corrected chi connectivity index (χ2v) is 6.32. The first-order valence-electron chi connectivity index (χ1n) is 8.57. The first-order valence-corrected chi connectivity index (χ1v) is 8.57. The molecule has 1 atom stereocenters. The van der Waals surface area contributed by atoms with E-state index in [2.05, 4.69) is 30.5 Å². The van der Waals surface area contributed by atoms with E-state index in [-0.39, 0.29) is 22.9 Å². The van der Waals surface area contributed by atoms with Gasteiger partial charge in [0.25, 0.3) is 5.56 Å². The number of anilines is 1. The van der Waals surface area contributed by atoms with Crippen molar-refractivity contribution in [1.29, 1.82) is 0 Å². The molecule has 4 rings (SSSR count). The van der Waals surface area contributed by atoms with E-state index >= 15 is 0 Å². The Labute approximate surface area is 158 Å². The first-order chi connectivity index (χ1) is 13.5. The number of imidazole rings is 1. The van der Waals surface area contributed by atoms with Gasteiger partial charge in [0.05, 0.1) is 6.33 Å². The lowest BCUT2D eigenvalue weighted by molar-refractivity contribution is -0.123. The number of nitrogen functional groups attached to an aromatic ring is 1. The average molecular weight is 382 g/mol. The summed E-state index contributed by atoms with van der Waals surface area (Å²) in [5.74, 6) is 0.650. The highest BCUT2D eigenvalue weighted by Crippen LogP contribution is 2.18. The molecule has 4 aromatic rings. The average Bonchev–Trinajstić information content (AvgIpc) is 3.29. The van der Waals surface area contributed by atoms with E-state index in [0.29, 0.717) is 30.0 Å². The maximum Gasteiger partial charge on any atom is 0.295 e. The maximum absolute atomic E-state index is 12.5. The minimum absolute atomic E-state index is 0.207. The van der Waals surface area contributed by atoms with E-state index in [4.69, 9.17) is 5.73 Å². The standard InChI is InChI=1S/C16H18N10O2/c1-9(26-8-21-11-12(17)19-7-20-13(11)26)15(27)18-4-3-10-22-23-14-16(28)24(2)5-6-25(10)14/h5-9H,3-4H2,1-2H3,(H,18,27)(H2,17,19,20). The van der Waals surface area contributed by atoms with E-state index in [1.54, 1.807) is 35.3 Å². The van der Waals surface area contributed by atoms with Crippen LogP contribution in [0.2, 0.25) is 0 Å². The highest BCUT2D eigenvalue weighted by Gasteiger charge is 2.19. The fourth-order valence-electron chi connectivity index (χ4n) is 2.91. The number of aryl methyl sites for hydroxylation is 1. The molecule has 0 fully saturated rings. The van der Waals surface area contributed by atoms with E-state index < -0.39 is 6.04 Å². The van der Waals surface area contributed by atoms with Crippen molar-refractivity contribution in [2.24, 2.45) is 7.05 Å². The van der Waals surface area contributed by atoms with Gasteiger partial charge in [-0.25, -0.2) is 15.0 Å². The van der Waals surface area contributed by atoms with Gasteiger partial charge in [0.2, 0.25) is 11.6 Å². The van der Waals surface area contributed by atoms with Crippen molar-refractivity contribution in [2.75, 3.05) is 12.3 Å². The molecule has 28 heavy (non-hydrogen) atoms. The molecule has 1 unspecified atom stereocenters. The molecule has 4 heterocycles. The Morgan fingerprint density at radius 2 is 2.04 bits per heavy atom. The summed E-state index contributed by atoms with van der Waals surface area (Å²) in [7, 11) is 1.65. The predicted molar refractivity (Wildman–Crippen MR) is 99.4 cm³/mol. The maximum atomic E-state index is 12.5. The molecule has 12 heteroatoms. The zero-order valence-electron chi connectivity index (χ0n) is 15.3. The number of hydrogen-bond acceptors (Lipinski definition) is 8. The largest absolute Gasteiger partial charge is 0.382 e. The van der Waals surface area contributed by atoms with Crippen molar-refractivity contribution in [3.05, 3.63) is 41.2 Å². The third-order valence-corrected chi connectivity index (χ3v) is 4.55. The Morgan fingerprint density at radius 3 is 2.86 bits per heavy atom. The van der Waals surface area contributed by atoms with E-state index in [0.717, 1.165) is 0 Å². The number of hydrogen-bond donors (Lipinski definition) is 2. The summed E-state index contributed by atoms with van der Waals surface area (Å²) in [5, 5.41) is 10.8. The van der Waals surface area contributed by atoms with Crippen LogP contribution in [-0.4, -0.2) is 51.1 Å². The van der Waals surface area contributed by atoms with Crippen LogP contribution >= 0.6 is 0 Å². The third-order valence-electron chi connectivity index (χ3n) is 4.55. The molecule has 4 aromatic heterocycles. The molecule has 0 aliphatic heterocycles. The second-order valence-electron chi connectivity index (χ2n) is 6.32. The molecule has 144 valence electrons. The van der Waals surface area contributed by atoms with Crippen molar-refractivity contribution >= 4 is 28.5 Å². The normalized spacial score (nSPS) is 12.5. The van der Waals surface area contributed by atoms with Crippen LogP contribution in [0.15, 0.2) is 29.8 Å². The molecule has 0 radical (unpaired) electrons. The van der Waals surface area contributed by atoms with E-state index in [9.17, 15) is 9.59 Å². The topological polar surface area (TPSA) is 151 Å². The van der Waals surface area contributed by atoms with Crippen LogP contribution in [-0.2, 0) is 18.3 Å². The Kier molecular flexibility index (Phi) is 4.22. The molecule has 0 aromatic carbocycles. The Morgan fingerprint density at radius 1 is 1.21 bits per heavy atom. The molecule has 1 amide bonds. The lowest BCUT2D eigenvalue weighted by Gasteiger charge is -2.13. The van der Waals surface area contributed by atoms with Crippen molar-refractivity contribution < 1.29 is 4.79 Å². The second kappa shape index (κ2) is 6.72. The summed E-state index contributed by atoms with van der Waals surface area (Å²) in [4.78, 5) is 36.8. The van der Waals surface area contributed by atoms with Gasteiger partial charge in [-0.1, -0.05) is 0 Å². The summed E-state index contributed by atoms with van der Waals surface area (Å²) < 4.78 is 4.70. The van der Waals surface area contributed by atoms with Gasteiger partial charge in [-0.05, 0) is 6.92 Å². The van der Waals surface area contributed by atoms with Crippen molar-refractivity contribution in [2.45, 2.75) is 19.4 Å².